The van der Waals surface area contributed by atoms with Gasteiger partial charge in [-0.25, -0.2) is 5.43 Å². The number of anilines is 1. The first-order valence-corrected chi connectivity index (χ1v) is 10.1. The fourth-order valence-electron chi connectivity index (χ4n) is 3.65. The number of hydrazone groups is 1. The molecule has 1 fully saturated rings. The number of fused-ring (bicyclic) bond motifs is 1. The van der Waals surface area contributed by atoms with Crippen molar-refractivity contribution in [3.63, 3.8) is 0 Å². The van der Waals surface area contributed by atoms with E-state index in [0.29, 0.717) is 6.42 Å². The van der Waals surface area contributed by atoms with Crippen LogP contribution in [-0.4, -0.2) is 49.7 Å². The number of para-hydroxylation sites is 1. The Morgan fingerprint density at radius 2 is 1.62 bits per heavy atom. The van der Waals surface area contributed by atoms with Gasteiger partial charge in [0.25, 0.3) is 0 Å². The van der Waals surface area contributed by atoms with Crippen molar-refractivity contribution >= 4 is 28.6 Å². The van der Waals surface area contributed by atoms with E-state index in [4.69, 9.17) is 0 Å². The molecule has 4 rings (SSSR count). The molecule has 0 saturated carbocycles. The Morgan fingerprint density at radius 1 is 0.897 bits per heavy atom. The summed E-state index contributed by atoms with van der Waals surface area (Å²) in [5.74, 6) is -0.0486. The number of benzene rings is 3. The molecule has 0 spiro atoms. The standard InChI is InChI=1S/C24H26N4O/c29-24(26-25-19-20-10-11-21-6-4-5-7-22(21)18-20)12-13-27-14-16-28(17-15-27)23-8-2-1-3-9-23/h1-11,18-19H,12-17H2,(H,26,29)/b25-19+. The van der Waals surface area contributed by atoms with E-state index in [9.17, 15) is 4.79 Å². The van der Waals surface area contributed by atoms with Gasteiger partial charge < -0.3 is 4.90 Å². The largest absolute Gasteiger partial charge is 0.369 e. The minimum Gasteiger partial charge on any atom is -0.369 e. The first-order chi connectivity index (χ1) is 14.3. The highest BCUT2D eigenvalue weighted by Crippen LogP contribution is 2.16. The topological polar surface area (TPSA) is 47.9 Å². The van der Waals surface area contributed by atoms with Crippen LogP contribution in [0.3, 0.4) is 0 Å². The molecule has 3 aromatic rings. The van der Waals surface area contributed by atoms with E-state index in [1.54, 1.807) is 6.21 Å². The van der Waals surface area contributed by atoms with Gasteiger partial charge in [0, 0.05) is 44.8 Å². The summed E-state index contributed by atoms with van der Waals surface area (Å²) < 4.78 is 0. The minimum atomic E-state index is -0.0486. The van der Waals surface area contributed by atoms with Crippen LogP contribution in [0.15, 0.2) is 77.9 Å². The summed E-state index contributed by atoms with van der Waals surface area (Å²) in [6.45, 7) is 4.70. The van der Waals surface area contributed by atoms with E-state index in [0.717, 1.165) is 43.7 Å². The van der Waals surface area contributed by atoms with Crippen molar-refractivity contribution < 1.29 is 4.79 Å². The smallest absolute Gasteiger partial charge is 0.241 e. The van der Waals surface area contributed by atoms with Crippen molar-refractivity contribution in [2.24, 2.45) is 5.10 Å². The second-order valence-electron chi connectivity index (χ2n) is 7.31. The Hall–Kier alpha value is -3.18. The molecule has 1 aliphatic rings. The number of carbonyl (C=O) groups is 1. The van der Waals surface area contributed by atoms with Gasteiger partial charge in [0.2, 0.25) is 5.91 Å². The van der Waals surface area contributed by atoms with Gasteiger partial charge in [-0.1, -0.05) is 54.6 Å². The Morgan fingerprint density at radius 3 is 2.41 bits per heavy atom. The summed E-state index contributed by atoms with van der Waals surface area (Å²) in [6, 6.07) is 24.8. The molecule has 0 bridgehead atoms. The second-order valence-corrected chi connectivity index (χ2v) is 7.31. The lowest BCUT2D eigenvalue weighted by atomic mass is 10.1. The third-order valence-electron chi connectivity index (χ3n) is 5.33. The van der Waals surface area contributed by atoms with Crippen molar-refractivity contribution in [2.45, 2.75) is 6.42 Å². The van der Waals surface area contributed by atoms with Crippen LogP contribution >= 0.6 is 0 Å². The number of hydrogen-bond acceptors (Lipinski definition) is 4. The molecule has 1 aliphatic heterocycles. The van der Waals surface area contributed by atoms with Gasteiger partial charge in [-0.15, -0.1) is 0 Å². The van der Waals surface area contributed by atoms with Gasteiger partial charge in [0.15, 0.2) is 0 Å². The fourth-order valence-corrected chi connectivity index (χ4v) is 3.65. The van der Waals surface area contributed by atoms with Crippen molar-refractivity contribution in [1.29, 1.82) is 0 Å². The number of nitrogens with one attached hydrogen (secondary N) is 1. The average molecular weight is 386 g/mol. The molecule has 3 aromatic carbocycles. The van der Waals surface area contributed by atoms with Crippen LogP contribution in [0.4, 0.5) is 5.69 Å². The van der Waals surface area contributed by atoms with E-state index >= 15 is 0 Å². The van der Waals surface area contributed by atoms with E-state index in [-0.39, 0.29) is 5.91 Å². The monoisotopic (exact) mass is 386 g/mol. The Bertz CT molecular complexity index is 978. The SMILES string of the molecule is O=C(CCN1CCN(c2ccccc2)CC1)N/N=C/c1ccc2ccccc2c1. The summed E-state index contributed by atoms with van der Waals surface area (Å²) in [7, 11) is 0. The first-order valence-electron chi connectivity index (χ1n) is 10.1. The molecule has 0 radical (unpaired) electrons. The highest BCUT2D eigenvalue weighted by atomic mass is 16.2. The predicted octanol–water partition coefficient (Wildman–Crippen LogP) is 3.50. The Labute approximate surface area is 171 Å². The number of carbonyl (C=O) groups excluding carboxylic acids is 1. The average Bonchev–Trinajstić information content (AvgIpc) is 2.78. The molecule has 0 unspecified atom stereocenters. The summed E-state index contributed by atoms with van der Waals surface area (Å²) in [4.78, 5) is 16.8. The van der Waals surface area contributed by atoms with Crippen LogP contribution < -0.4 is 10.3 Å². The van der Waals surface area contributed by atoms with Crippen molar-refractivity contribution in [1.82, 2.24) is 10.3 Å². The summed E-state index contributed by atoms with van der Waals surface area (Å²) in [5.41, 5.74) is 4.89. The second kappa shape index (κ2) is 9.34. The van der Waals surface area contributed by atoms with E-state index < -0.39 is 0 Å². The number of nitrogens with zero attached hydrogens (tertiary/aromatic N) is 3. The number of amides is 1. The quantitative estimate of drug-likeness (QED) is 0.521. The van der Waals surface area contributed by atoms with Crippen LogP contribution in [0.1, 0.15) is 12.0 Å². The van der Waals surface area contributed by atoms with Crippen LogP contribution in [0, 0.1) is 0 Å². The van der Waals surface area contributed by atoms with Gasteiger partial charge >= 0.3 is 0 Å². The van der Waals surface area contributed by atoms with Gasteiger partial charge in [0.05, 0.1) is 6.21 Å². The lowest BCUT2D eigenvalue weighted by Crippen LogP contribution is -2.47. The molecular weight excluding hydrogens is 360 g/mol. The zero-order valence-corrected chi connectivity index (χ0v) is 16.5. The first kappa shape index (κ1) is 19.2. The van der Waals surface area contributed by atoms with Crippen molar-refractivity contribution in [2.75, 3.05) is 37.6 Å². The van der Waals surface area contributed by atoms with Crippen LogP contribution in [0.2, 0.25) is 0 Å². The maximum atomic E-state index is 12.1. The van der Waals surface area contributed by atoms with Gasteiger partial charge in [0.1, 0.15) is 0 Å². The van der Waals surface area contributed by atoms with Crippen molar-refractivity contribution in [3.8, 4) is 0 Å². The van der Waals surface area contributed by atoms with Crippen LogP contribution in [0.25, 0.3) is 10.8 Å². The molecule has 5 heteroatoms. The van der Waals surface area contributed by atoms with Gasteiger partial charge in [-0.2, -0.15) is 5.10 Å². The zero-order valence-electron chi connectivity index (χ0n) is 16.5. The molecular formula is C24H26N4O. The molecule has 0 aliphatic carbocycles. The number of piperazine rings is 1. The number of hydrogen-bond donors (Lipinski definition) is 1. The van der Waals surface area contributed by atoms with Gasteiger partial charge in [-0.05, 0) is 34.5 Å². The molecule has 148 valence electrons. The minimum absolute atomic E-state index is 0.0486. The summed E-state index contributed by atoms with van der Waals surface area (Å²) in [6.07, 6.45) is 2.16. The summed E-state index contributed by atoms with van der Waals surface area (Å²) >= 11 is 0. The molecule has 1 heterocycles. The molecule has 29 heavy (non-hydrogen) atoms. The lowest BCUT2D eigenvalue weighted by Gasteiger charge is -2.36. The molecule has 1 saturated heterocycles. The molecule has 1 amide bonds. The zero-order chi connectivity index (χ0) is 19.9. The van der Waals surface area contributed by atoms with Gasteiger partial charge in [-0.3, -0.25) is 9.69 Å². The predicted molar refractivity (Wildman–Crippen MR) is 119 cm³/mol. The normalized spacial score (nSPS) is 15.1. The third kappa shape index (κ3) is 5.21. The highest BCUT2D eigenvalue weighted by Gasteiger charge is 2.17. The van der Waals surface area contributed by atoms with E-state index in [2.05, 4.69) is 68.9 Å². The summed E-state index contributed by atoms with van der Waals surface area (Å²) in [5, 5.41) is 6.47. The van der Waals surface area contributed by atoms with E-state index in [1.807, 2.05) is 24.3 Å². The van der Waals surface area contributed by atoms with Crippen molar-refractivity contribution in [3.05, 3.63) is 78.4 Å². The number of rotatable bonds is 6. The maximum absolute atomic E-state index is 12.1. The fraction of sp³-hybridized carbons (Fsp3) is 0.250. The Kier molecular flexibility index (Phi) is 6.17. The molecule has 5 nitrogen and oxygen atoms in total. The van der Waals surface area contributed by atoms with Crippen LogP contribution in [0.5, 0.6) is 0 Å². The molecule has 0 aromatic heterocycles. The third-order valence-corrected chi connectivity index (χ3v) is 5.33. The van der Waals surface area contributed by atoms with E-state index in [1.165, 1.54) is 11.1 Å². The Balaban J connectivity index is 1.20. The lowest BCUT2D eigenvalue weighted by molar-refractivity contribution is -0.121. The molecule has 0 atom stereocenters. The highest BCUT2D eigenvalue weighted by molar-refractivity contribution is 5.90. The molecule has 1 N–H and O–H groups in total. The maximum Gasteiger partial charge on any atom is 0.241 e. The van der Waals surface area contributed by atoms with Crippen LogP contribution in [-0.2, 0) is 4.79 Å².